The van der Waals surface area contributed by atoms with Crippen molar-refractivity contribution in [1.29, 1.82) is 0 Å². The predicted octanol–water partition coefficient (Wildman–Crippen LogP) is 0.940. The monoisotopic (exact) mass is 176 g/mol. The lowest BCUT2D eigenvalue weighted by Crippen LogP contribution is -1.89. The fourth-order valence-electron chi connectivity index (χ4n) is 0.900. The summed E-state index contributed by atoms with van der Waals surface area (Å²) >= 11 is 0. The van der Waals surface area contributed by atoms with Crippen molar-refractivity contribution in [2.45, 2.75) is 0 Å². The zero-order chi connectivity index (χ0) is 9.10. The second kappa shape index (κ2) is 3.22. The normalized spacial score (nSPS) is 9.92. The summed E-state index contributed by atoms with van der Waals surface area (Å²) in [6, 6.07) is 1.72. The number of hydrogen-bond acceptors (Lipinski definition) is 5. The third-order valence-corrected chi connectivity index (χ3v) is 1.45. The minimum atomic E-state index is 0.339. The maximum atomic E-state index is 4.96. The first-order chi connectivity index (χ1) is 6.42. The summed E-state index contributed by atoms with van der Waals surface area (Å²) in [5.41, 5.74) is 0. The maximum Gasteiger partial charge on any atom is 0.287 e. The fourth-order valence-corrected chi connectivity index (χ4v) is 0.900. The van der Waals surface area contributed by atoms with Crippen LogP contribution in [0.5, 0.6) is 5.88 Å². The molecule has 5 nitrogen and oxygen atoms in total. The van der Waals surface area contributed by atoms with Gasteiger partial charge in [0.25, 0.3) is 12.3 Å². The van der Waals surface area contributed by atoms with Crippen LogP contribution >= 0.6 is 0 Å². The first-order valence-corrected chi connectivity index (χ1v) is 3.60. The van der Waals surface area contributed by atoms with Crippen LogP contribution in [0.15, 0.2) is 22.9 Å². The van der Waals surface area contributed by atoms with Crippen molar-refractivity contribution in [2.75, 3.05) is 7.11 Å². The lowest BCUT2D eigenvalue weighted by molar-refractivity contribution is 0.398. The molecule has 0 amide bonds. The van der Waals surface area contributed by atoms with E-state index in [9.17, 15) is 0 Å². The van der Waals surface area contributed by atoms with Gasteiger partial charge in [-0.15, -0.1) is 0 Å². The molecule has 0 spiro atoms. The number of hydrogen-bond donors (Lipinski definition) is 0. The molecule has 0 fully saturated rings. The molecule has 0 aliphatic carbocycles. The second-order valence-electron chi connectivity index (χ2n) is 2.22. The molecule has 0 aliphatic rings. The topological polar surface area (TPSA) is 61.0 Å². The van der Waals surface area contributed by atoms with Crippen molar-refractivity contribution in [3.63, 3.8) is 0 Å². The summed E-state index contributed by atoms with van der Waals surface area (Å²) in [5, 5.41) is 0. The Hall–Kier alpha value is -1.91. The van der Waals surface area contributed by atoms with Gasteiger partial charge in [0.2, 0.25) is 11.6 Å². The van der Waals surface area contributed by atoms with Gasteiger partial charge in [-0.2, -0.15) is 4.98 Å². The minimum Gasteiger partial charge on any atom is -0.478 e. The Morgan fingerprint density at radius 2 is 2.15 bits per heavy atom. The molecule has 0 saturated heterocycles. The number of oxazole rings is 1. The van der Waals surface area contributed by atoms with Gasteiger partial charge in [0, 0.05) is 12.4 Å². The Balaban J connectivity index is 2.47. The summed E-state index contributed by atoms with van der Waals surface area (Å²) in [7, 11) is 1.50. The summed E-state index contributed by atoms with van der Waals surface area (Å²) in [6.07, 6.45) is 5.55. The maximum absolute atomic E-state index is 4.96. The van der Waals surface area contributed by atoms with Gasteiger partial charge in [-0.1, -0.05) is 0 Å². The molecular weight excluding hydrogens is 170 g/mol. The largest absolute Gasteiger partial charge is 0.478 e. The van der Waals surface area contributed by atoms with Crippen molar-refractivity contribution in [1.82, 2.24) is 15.0 Å². The highest BCUT2D eigenvalue weighted by Crippen LogP contribution is 2.23. The van der Waals surface area contributed by atoms with Gasteiger partial charge >= 0.3 is 0 Å². The molecule has 0 aromatic carbocycles. The van der Waals surface area contributed by atoms with E-state index >= 15 is 0 Å². The average molecular weight is 176 g/mol. The Morgan fingerprint density at radius 1 is 1.38 bits per heavy atom. The highest BCUT2D eigenvalue weighted by molar-refractivity contribution is 5.52. The van der Waals surface area contributed by atoms with Crippen LogP contribution in [0.4, 0.5) is 0 Å². The molecule has 0 aliphatic heterocycles. The van der Waals surface area contributed by atoms with E-state index in [2.05, 4.69) is 21.3 Å². The van der Waals surface area contributed by atoms with Crippen LogP contribution in [0.2, 0.25) is 0 Å². The molecule has 0 unspecified atom stereocenters. The Morgan fingerprint density at radius 3 is 2.85 bits per heavy atom. The van der Waals surface area contributed by atoms with E-state index in [-0.39, 0.29) is 0 Å². The van der Waals surface area contributed by atoms with Gasteiger partial charge in [0.05, 0.1) is 7.11 Å². The van der Waals surface area contributed by atoms with Crippen molar-refractivity contribution >= 4 is 0 Å². The van der Waals surface area contributed by atoms with E-state index in [1.165, 1.54) is 7.11 Å². The summed E-state index contributed by atoms with van der Waals surface area (Å²) in [6.45, 7) is 0. The zero-order valence-corrected chi connectivity index (χ0v) is 6.89. The van der Waals surface area contributed by atoms with Crippen molar-refractivity contribution in [2.24, 2.45) is 0 Å². The highest BCUT2D eigenvalue weighted by atomic mass is 16.5. The molecule has 65 valence electrons. The molecule has 13 heavy (non-hydrogen) atoms. The molecule has 2 rings (SSSR count). The molecule has 0 N–H and O–H groups in total. The Kier molecular flexibility index (Phi) is 1.91. The molecule has 2 aromatic heterocycles. The van der Waals surface area contributed by atoms with E-state index in [1.807, 2.05) is 0 Å². The fraction of sp³-hybridized carbons (Fsp3) is 0.125. The smallest absolute Gasteiger partial charge is 0.287 e. The Labute approximate surface area is 74.4 Å². The van der Waals surface area contributed by atoms with Crippen LogP contribution in [0, 0.1) is 6.39 Å². The van der Waals surface area contributed by atoms with Gasteiger partial charge in [-0.25, -0.2) is 9.97 Å². The molecule has 0 bridgehead atoms. The number of aromatic nitrogens is 3. The van der Waals surface area contributed by atoms with Crippen molar-refractivity contribution in [3.8, 4) is 17.5 Å². The number of nitrogens with zero attached hydrogens (tertiary/aromatic N) is 3. The van der Waals surface area contributed by atoms with Crippen molar-refractivity contribution < 1.29 is 9.15 Å². The highest BCUT2D eigenvalue weighted by Gasteiger charge is 2.13. The van der Waals surface area contributed by atoms with Crippen molar-refractivity contribution in [3.05, 3.63) is 24.9 Å². The average Bonchev–Trinajstić information content (AvgIpc) is 2.67. The van der Waals surface area contributed by atoms with Gasteiger partial charge in [-0.05, 0) is 6.07 Å². The minimum absolute atomic E-state index is 0.339. The van der Waals surface area contributed by atoms with Gasteiger partial charge in [0.1, 0.15) is 0 Å². The number of methoxy groups -OCH3 is 1. The summed E-state index contributed by atoms with van der Waals surface area (Å²) in [5.74, 6) is 1.17. The molecule has 1 radical (unpaired) electrons. The molecule has 0 atom stereocenters. The molecular formula is C8H6N3O2. The van der Waals surface area contributed by atoms with Gasteiger partial charge in [-0.3, -0.25) is 0 Å². The third kappa shape index (κ3) is 1.35. The lowest BCUT2D eigenvalue weighted by atomic mass is 10.4. The van der Waals surface area contributed by atoms with E-state index in [1.54, 1.807) is 18.5 Å². The summed E-state index contributed by atoms with van der Waals surface area (Å²) in [4.78, 5) is 11.7. The van der Waals surface area contributed by atoms with Crippen LogP contribution in [-0.2, 0) is 0 Å². The number of rotatable bonds is 2. The van der Waals surface area contributed by atoms with Crippen LogP contribution in [0.25, 0.3) is 11.6 Å². The molecule has 5 heteroatoms. The first kappa shape index (κ1) is 7.72. The number of ether oxygens (including phenoxy) is 1. The lowest BCUT2D eigenvalue weighted by Gasteiger charge is -1.95. The van der Waals surface area contributed by atoms with E-state index in [4.69, 9.17) is 9.15 Å². The quantitative estimate of drug-likeness (QED) is 0.681. The second-order valence-corrected chi connectivity index (χ2v) is 2.22. The summed E-state index contributed by atoms with van der Waals surface area (Å²) < 4.78 is 9.88. The standard InChI is InChI=1S/C8H6N3O2/c1-12-8-6(13-5-11-8)7-9-3-2-4-10-7/h2-4H,1H3. The first-order valence-electron chi connectivity index (χ1n) is 3.60. The van der Waals surface area contributed by atoms with E-state index < -0.39 is 0 Å². The third-order valence-electron chi connectivity index (χ3n) is 1.45. The molecule has 2 aromatic rings. The predicted molar refractivity (Wildman–Crippen MR) is 42.9 cm³/mol. The zero-order valence-electron chi connectivity index (χ0n) is 6.89. The van der Waals surface area contributed by atoms with Crippen LogP contribution in [0.1, 0.15) is 0 Å². The van der Waals surface area contributed by atoms with Crippen LogP contribution < -0.4 is 4.74 Å². The van der Waals surface area contributed by atoms with Gasteiger partial charge < -0.3 is 9.15 Å². The van der Waals surface area contributed by atoms with Gasteiger partial charge in [0.15, 0.2) is 0 Å². The molecule has 0 saturated carbocycles. The van der Waals surface area contributed by atoms with E-state index in [0.717, 1.165) is 0 Å². The van der Waals surface area contributed by atoms with Crippen LogP contribution in [0.3, 0.4) is 0 Å². The van der Waals surface area contributed by atoms with E-state index in [0.29, 0.717) is 17.5 Å². The van der Waals surface area contributed by atoms with Crippen LogP contribution in [-0.4, -0.2) is 22.1 Å². The molecule has 2 heterocycles. The SMILES string of the molecule is COc1n[c]oc1-c1ncccn1. The Bertz CT molecular complexity index is 385.